The van der Waals surface area contributed by atoms with Gasteiger partial charge in [-0.1, -0.05) is 11.6 Å². The van der Waals surface area contributed by atoms with Crippen molar-refractivity contribution in [1.29, 1.82) is 0 Å². The highest BCUT2D eigenvalue weighted by Crippen LogP contribution is 2.22. The third kappa shape index (κ3) is 3.86. The third-order valence-electron chi connectivity index (χ3n) is 2.47. The maximum absolute atomic E-state index is 12.7. The number of nitrogens with two attached hydrogens (primary N) is 1. The van der Waals surface area contributed by atoms with Crippen LogP contribution < -0.4 is 15.8 Å². The highest BCUT2D eigenvalue weighted by molar-refractivity contribution is 6.31. The van der Waals surface area contributed by atoms with Crippen LogP contribution in [-0.4, -0.2) is 12.5 Å². The van der Waals surface area contributed by atoms with Crippen LogP contribution in [0.3, 0.4) is 0 Å². The molecule has 0 spiro atoms. The molecule has 4 nitrogen and oxygen atoms in total. The lowest BCUT2D eigenvalue weighted by molar-refractivity contribution is -0.118. The molecule has 2 rings (SSSR count). The predicted octanol–water partition coefficient (Wildman–Crippen LogP) is 3.08. The minimum absolute atomic E-state index is 0.211. The Morgan fingerprint density at radius 3 is 2.65 bits per heavy atom. The number of carbonyl (C=O) groups excluding carboxylic acids is 1. The normalized spacial score (nSPS) is 10.1. The smallest absolute Gasteiger partial charge is 0.262 e. The van der Waals surface area contributed by atoms with Gasteiger partial charge in [-0.05, 0) is 42.5 Å². The molecule has 0 unspecified atom stereocenters. The fourth-order valence-corrected chi connectivity index (χ4v) is 1.67. The lowest BCUT2D eigenvalue weighted by Gasteiger charge is -2.09. The molecule has 20 heavy (non-hydrogen) atoms. The van der Waals surface area contributed by atoms with Gasteiger partial charge in [0.25, 0.3) is 5.91 Å². The van der Waals surface area contributed by atoms with E-state index in [0.717, 1.165) is 0 Å². The summed E-state index contributed by atoms with van der Waals surface area (Å²) in [6, 6.07) is 10.2. The second-order valence-electron chi connectivity index (χ2n) is 4.02. The van der Waals surface area contributed by atoms with Gasteiger partial charge in [0.1, 0.15) is 11.6 Å². The average molecular weight is 295 g/mol. The molecule has 2 aromatic rings. The SMILES string of the molecule is Nc1ccc(Cl)cc1NC(=O)COc1ccc(F)cc1. The highest BCUT2D eigenvalue weighted by Gasteiger charge is 2.07. The predicted molar refractivity (Wildman–Crippen MR) is 76.4 cm³/mol. The first-order valence-electron chi connectivity index (χ1n) is 5.78. The minimum Gasteiger partial charge on any atom is -0.484 e. The van der Waals surface area contributed by atoms with Gasteiger partial charge >= 0.3 is 0 Å². The zero-order chi connectivity index (χ0) is 14.5. The first kappa shape index (κ1) is 14.1. The number of halogens is 2. The molecule has 0 aromatic heterocycles. The zero-order valence-corrected chi connectivity index (χ0v) is 11.2. The molecule has 0 aliphatic carbocycles. The number of nitrogen functional groups attached to an aromatic ring is 1. The molecule has 0 bridgehead atoms. The van der Waals surface area contributed by atoms with Crippen LogP contribution >= 0.6 is 11.6 Å². The van der Waals surface area contributed by atoms with Gasteiger partial charge in [-0.3, -0.25) is 4.79 Å². The summed E-state index contributed by atoms with van der Waals surface area (Å²) in [6.07, 6.45) is 0. The van der Waals surface area contributed by atoms with E-state index in [4.69, 9.17) is 22.1 Å². The molecule has 0 heterocycles. The molecule has 0 aliphatic heterocycles. The van der Waals surface area contributed by atoms with E-state index in [0.29, 0.717) is 22.1 Å². The fraction of sp³-hybridized carbons (Fsp3) is 0.0714. The van der Waals surface area contributed by atoms with Gasteiger partial charge in [0, 0.05) is 5.02 Å². The van der Waals surface area contributed by atoms with Gasteiger partial charge in [-0.25, -0.2) is 4.39 Å². The summed E-state index contributed by atoms with van der Waals surface area (Å²) in [5, 5.41) is 3.05. The molecule has 104 valence electrons. The second kappa shape index (κ2) is 6.25. The fourth-order valence-electron chi connectivity index (χ4n) is 1.50. The first-order valence-corrected chi connectivity index (χ1v) is 6.15. The van der Waals surface area contributed by atoms with Gasteiger partial charge in [0.05, 0.1) is 11.4 Å². The van der Waals surface area contributed by atoms with E-state index < -0.39 is 0 Å². The molecular formula is C14H12ClFN2O2. The van der Waals surface area contributed by atoms with Crippen LogP contribution in [0.2, 0.25) is 5.02 Å². The van der Waals surface area contributed by atoms with Crippen LogP contribution in [0.5, 0.6) is 5.75 Å². The summed E-state index contributed by atoms with van der Waals surface area (Å²) in [7, 11) is 0. The Bertz CT molecular complexity index is 617. The topological polar surface area (TPSA) is 64.3 Å². The van der Waals surface area contributed by atoms with Gasteiger partial charge in [-0.2, -0.15) is 0 Å². The quantitative estimate of drug-likeness (QED) is 0.852. The Kier molecular flexibility index (Phi) is 4.42. The number of amides is 1. The number of hydrogen-bond donors (Lipinski definition) is 2. The van der Waals surface area contributed by atoms with Crippen LogP contribution in [-0.2, 0) is 4.79 Å². The van der Waals surface area contributed by atoms with E-state index in [-0.39, 0.29) is 18.3 Å². The highest BCUT2D eigenvalue weighted by atomic mass is 35.5. The zero-order valence-electron chi connectivity index (χ0n) is 10.4. The molecule has 1 amide bonds. The van der Waals surface area contributed by atoms with Gasteiger partial charge in [0.15, 0.2) is 6.61 Å². The van der Waals surface area contributed by atoms with E-state index in [2.05, 4.69) is 5.32 Å². The van der Waals surface area contributed by atoms with Crippen molar-refractivity contribution in [3.63, 3.8) is 0 Å². The first-order chi connectivity index (χ1) is 9.54. The third-order valence-corrected chi connectivity index (χ3v) is 2.71. The van der Waals surface area contributed by atoms with Crippen molar-refractivity contribution in [2.24, 2.45) is 0 Å². The number of hydrogen-bond acceptors (Lipinski definition) is 3. The Morgan fingerprint density at radius 1 is 1.25 bits per heavy atom. The van der Waals surface area contributed by atoms with Gasteiger partial charge in [-0.15, -0.1) is 0 Å². The number of ether oxygens (including phenoxy) is 1. The molecule has 2 aromatic carbocycles. The second-order valence-corrected chi connectivity index (χ2v) is 4.46. The Morgan fingerprint density at radius 2 is 1.95 bits per heavy atom. The van der Waals surface area contributed by atoms with Crippen molar-refractivity contribution >= 4 is 28.9 Å². The Balaban J connectivity index is 1.92. The van der Waals surface area contributed by atoms with Crippen LogP contribution in [0, 0.1) is 5.82 Å². The van der Waals surface area contributed by atoms with Crippen LogP contribution in [0.25, 0.3) is 0 Å². The van der Waals surface area contributed by atoms with Crippen molar-refractivity contribution < 1.29 is 13.9 Å². The monoisotopic (exact) mass is 294 g/mol. The van der Waals surface area contributed by atoms with Crippen molar-refractivity contribution in [3.8, 4) is 5.75 Å². The van der Waals surface area contributed by atoms with Crippen LogP contribution in [0.1, 0.15) is 0 Å². The van der Waals surface area contributed by atoms with Crippen molar-refractivity contribution in [1.82, 2.24) is 0 Å². The molecule has 0 saturated carbocycles. The Hall–Kier alpha value is -2.27. The Labute approximate surface area is 120 Å². The number of nitrogens with one attached hydrogen (secondary N) is 1. The number of rotatable bonds is 4. The summed E-state index contributed by atoms with van der Waals surface area (Å²) < 4.78 is 17.9. The van der Waals surface area contributed by atoms with Crippen LogP contribution in [0.4, 0.5) is 15.8 Å². The molecule has 0 saturated heterocycles. The maximum atomic E-state index is 12.7. The molecule has 0 radical (unpaired) electrons. The molecule has 0 atom stereocenters. The molecule has 0 aliphatic rings. The number of benzene rings is 2. The van der Waals surface area contributed by atoms with E-state index >= 15 is 0 Å². The van der Waals surface area contributed by atoms with Gasteiger partial charge in [0.2, 0.25) is 0 Å². The van der Waals surface area contributed by atoms with Crippen molar-refractivity contribution in [2.75, 3.05) is 17.7 Å². The van der Waals surface area contributed by atoms with Crippen molar-refractivity contribution in [2.45, 2.75) is 0 Å². The summed E-state index contributed by atoms with van der Waals surface area (Å²) >= 11 is 5.81. The average Bonchev–Trinajstić information content (AvgIpc) is 2.42. The molecule has 6 heteroatoms. The lowest BCUT2D eigenvalue weighted by atomic mass is 10.2. The molecule has 3 N–H and O–H groups in total. The van der Waals surface area contributed by atoms with E-state index in [1.165, 1.54) is 24.3 Å². The van der Waals surface area contributed by atoms with E-state index in [1.54, 1.807) is 18.2 Å². The van der Waals surface area contributed by atoms with Gasteiger partial charge < -0.3 is 15.8 Å². The maximum Gasteiger partial charge on any atom is 0.262 e. The summed E-state index contributed by atoms with van der Waals surface area (Å²) in [4.78, 5) is 11.7. The largest absolute Gasteiger partial charge is 0.484 e. The number of carbonyl (C=O) groups is 1. The number of anilines is 2. The minimum atomic E-state index is -0.386. The summed E-state index contributed by atoms with van der Waals surface area (Å²) in [5.41, 5.74) is 6.53. The van der Waals surface area contributed by atoms with Crippen LogP contribution in [0.15, 0.2) is 42.5 Å². The molecule has 0 fully saturated rings. The summed E-state index contributed by atoms with van der Waals surface area (Å²) in [6.45, 7) is -0.211. The van der Waals surface area contributed by atoms with E-state index in [9.17, 15) is 9.18 Å². The van der Waals surface area contributed by atoms with E-state index in [1.807, 2.05) is 0 Å². The standard InChI is InChI=1S/C14H12ClFN2O2/c15-9-1-6-12(17)13(7-9)18-14(19)8-20-11-4-2-10(16)3-5-11/h1-7H,8,17H2,(H,18,19). The molecular weight excluding hydrogens is 283 g/mol. The lowest BCUT2D eigenvalue weighted by Crippen LogP contribution is -2.20. The summed E-state index contributed by atoms with van der Waals surface area (Å²) in [5.74, 6) is -0.350. The van der Waals surface area contributed by atoms with Crippen molar-refractivity contribution in [3.05, 3.63) is 53.3 Å².